The Kier molecular flexibility index (Phi) is 6.42. The van der Waals surface area contributed by atoms with Crippen LogP contribution in [-0.2, 0) is 11.3 Å². The van der Waals surface area contributed by atoms with E-state index in [0.29, 0.717) is 19.4 Å². The number of carbonyl (C=O) groups is 1. The molecule has 5 heteroatoms. The normalized spacial score (nSPS) is 24.9. The van der Waals surface area contributed by atoms with Gasteiger partial charge in [0, 0.05) is 49.5 Å². The Morgan fingerprint density at radius 3 is 2.88 bits per heavy atom. The molecule has 2 aliphatic rings. The fourth-order valence-corrected chi connectivity index (χ4v) is 5.03. The van der Waals surface area contributed by atoms with E-state index < -0.39 is 0 Å². The van der Waals surface area contributed by atoms with Crippen LogP contribution >= 0.6 is 11.8 Å². The maximum atomic E-state index is 12.2. The van der Waals surface area contributed by atoms with Crippen molar-refractivity contribution in [2.75, 3.05) is 39.0 Å². The van der Waals surface area contributed by atoms with Gasteiger partial charge in [-0.05, 0) is 50.1 Å². The van der Waals surface area contributed by atoms with Gasteiger partial charge in [-0.3, -0.25) is 9.69 Å². The number of nitrogens with zero attached hydrogens (tertiary/aromatic N) is 2. The van der Waals surface area contributed by atoms with Crippen molar-refractivity contribution < 1.29 is 9.90 Å². The molecule has 0 radical (unpaired) electrons. The maximum absolute atomic E-state index is 12.2. The van der Waals surface area contributed by atoms with Crippen LogP contribution in [0.15, 0.2) is 29.2 Å². The summed E-state index contributed by atoms with van der Waals surface area (Å²) in [6.45, 7) is 4.96. The lowest BCUT2D eigenvalue weighted by Crippen LogP contribution is -2.54. The van der Waals surface area contributed by atoms with Gasteiger partial charge in [0.15, 0.2) is 0 Å². The lowest BCUT2D eigenvalue weighted by Gasteiger charge is -2.48. The number of hydrogen-bond donors (Lipinski definition) is 1. The number of aliphatic hydroxyl groups excluding tert-OH is 1. The van der Waals surface area contributed by atoms with Crippen molar-refractivity contribution >= 4 is 17.7 Å². The second kappa shape index (κ2) is 8.56. The van der Waals surface area contributed by atoms with Gasteiger partial charge in [0.2, 0.25) is 5.91 Å². The Morgan fingerprint density at radius 1 is 1.24 bits per heavy atom. The van der Waals surface area contributed by atoms with Crippen molar-refractivity contribution in [3.05, 3.63) is 29.8 Å². The first-order valence-electron chi connectivity index (χ1n) is 9.39. The highest BCUT2D eigenvalue weighted by atomic mass is 32.2. The number of thioether (sulfide) groups is 1. The number of piperidine rings is 2. The molecule has 3 rings (SSSR count). The lowest BCUT2D eigenvalue weighted by atomic mass is 9.73. The number of carbonyl (C=O) groups excluding carboxylic acids is 1. The third-order valence-electron chi connectivity index (χ3n) is 5.66. The van der Waals surface area contributed by atoms with Gasteiger partial charge >= 0.3 is 0 Å². The Bertz CT molecular complexity index is 595. The SMILES string of the molecule is CSc1ccccc1CN1CCC[C@@]2(CCC(=O)N(CCCO)C2)C1. The van der Waals surface area contributed by atoms with Crippen LogP contribution in [0, 0.1) is 5.41 Å². The lowest BCUT2D eigenvalue weighted by molar-refractivity contribution is -0.139. The molecule has 0 bridgehead atoms. The van der Waals surface area contributed by atoms with Gasteiger partial charge in [-0.15, -0.1) is 11.8 Å². The largest absolute Gasteiger partial charge is 0.396 e. The quantitative estimate of drug-likeness (QED) is 0.790. The molecule has 25 heavy (non-hydrogen) atoms. The molecule has 1 aromatic rings. The van der Waals surface area contributed by atoms with E-state index in [2.05, 4.69) is 35.4 Å². The third kappa shape index (κ3) is 4.57. The first-order valence-corrected chi connectivity index (χ1v) is 10.6. The molecule has 0 aliphatic carbocycles. The summed E-state index contributed by atoms with van der Waals surface area (Å²) in [6, 6.07) is 8.68. The summed E-state index contributed by atoms with van der Waals surface area (Å²) in [5.41, 5.74) is 1.66. The van der Waals surface area contributed by atoms with Crippen LogP contribution in [0.4, 0.5) is 0 Å². The molecule has 2 aliphatic heterocycles. The van der Waals surface area contributed by atoms with Crippen LogP contribution in [0.25, 0.3) is 0 Å². The van der Waals surface area contributed by atoms with Crippen LogP contribution in [0.1, 0.15) is 37.7 Å². The molecule has 2 fully saturated rings. The molecule has 0 saturated carbocycles. The highest BCUT2D eigenvalue weighted by molar-refractivity contribution is 7.98. The standard InChI is InChI=1S/C20H30N2O2S/c1-25-18-7-3-2-6-17(18)14-21-11-4-9-20(15-21)10-8-19(24)22(16-20)12-5-13-23/h2-3,6-7,23H,4-5,8-16H2,1H3/t20-/m1/s1. The number of benzene rings is 1. The summed E-state index contributed by atoms with van der Waals surface area (Å²) in [7, 11) is 0. The van der Waals surface area contributed by atoms with E-state index in [1.807, 2.05) is 16.7 Å². The minimum Gasteiger partial charge on any atom is -0.396 e. The zero-order valence-corrected chi connectivity index (χ0v) is 16.1. The van der Waals surface area contributed by atoms with Gasteiger partial charge < -0.3 is 10.0 Å². The Balaban J connectivity index is 1.66. The summed E-state index contributed by atoms with van der Waals surface area (Å²) in [5, 5.41) is 9.09. The van der Waals surface area contributed by atoms with Crippen molar-refractivity contribution in [1.29, 1.82) is 0 Å². The monoisotopic (exact) mass is 362 g/mol. The highest BCUT2D eigenvalue weighted by Gasteiger charge is 2.41. The first kappa shape index (κ1) is 18.7. The number of likely N-dealkylation sites (tertiary alicyclic amines) is 2. The molecule has 1 amide bonds. The Hall–Kier alpha value is -1.04. The maximum Gasteiger partial charge on any atom is 0.222 e. The fraction of sp³-hybridized carbons (Fsp3) is 0.650. The zero-order valence-electron chi connectivity index (χ0n) is 15.2. The molecule has 4 nitrogen and oxygen atoms in total. The molecule has 1 spiro atoms. The van der Waals surface area contributed by atoms with Crippen LogP contribution in [0.5, 0.6) is 0 Å². The molecular formula is C20H30N2O2S. The number of aliphatic hydroxyl groups is 1. The summed E-state index contributed by atoms with van der Waals surface area (Å²) in [6.07, 6.45) is 6.94. The fourth-order valence-electron chi connectivity index (χ4n) is 4.42. The van der Waals surface area contributed by atoms with Crippen molar-refractivity contribution in [3.8, 4) is 0 Å². The second-order valence-electron chi connectivity index (χ2n) is 7.52. The summed E-state index contributed by atoms with van der Waals surface area (Å²) < 4.78 is 0. The predicted molar refractivity (Wildman–Crippen MR) is 103 cm³/mol. The van der Waals surface area contributed by atoms with Gasteiger partial charge in [-0.25, -0.2) is 0 Å². The topological polar surface area (TPSA) is 43.8 Å². The smallest absolute Gasteiger partial charge is 0.222 e. The van der Waals surface area contributed by atoms with Crippen molar-refractivity contribution in [2.24, 2.45) is 5.41 Å². The molecule has 0 aromatic heterocycles. The first-order chi connectivity index (χ1) is 12.2. The van der Waals surface area contributed by atoms with Crippen LogP contribution in [0.2, 0.25) is 0 Å². The van der Waals surface area contributed by atoms with Crippen LogP contribution in [-0.4, -0.2) is 59.9 Å². The molecule has 2 heterocycles. The van der Waals surface area contributed by atoms with Crippen LogP contribution < -0.4 is 0 Å². The zero-order chi connectivity index (χ0) is 17.7. The van der Waals surface area contributed by atoms with Gasteiger partial charge in [-0.2, -0.15) is 0 Å². The minimum absolute atomic E-state index is 0.161. The summed E-state index contributed by atoms with van der Waals surface area (Å²) in [4.78, 5) is 18.2. The van der Waals surface area contributed by atoms with Gasteiger partial charge in [0.05, 0.1) is 0 Å². The van der Waals surface area contributed by atoms with Crippen LogP contribution in [0.3, 0.4) is 0 Å². The van der Waals surface area contributed by atoms with E-state index in [9.17, 15) is 4.79 Å². The average Bonchev–Trinajstić information content (AvgIpc) is 2.63. The molecule has 138 valence electrons. The summed E-state index contributed by atoms with van der Waals surface area (Å²) >= 11 is 1.82. The van der Waals surface area contributed by atoms with Gasteiger partial charge in [-0.1, -0.05) is 18.2 Å². The summed E-state index contributed by atoms with van der Waals surface area (Å²) in [5.74, 6) is 0.268. The van der Waals surface area contributed by atoms with Crippen molar-refractivity contribution in [1.82, 2.24) is 9.80 Å². The van der Waals surface area contributed by atoms with E-state index in [0.717, 1.165) is 32.6 Å². The highest BCUT2D eigenvalue weighted by Crippen LogP contribution is 2.39. The van der Waals surface area contributed by atoms with E-state index in [1.165, 1.54) is 23.3 Å². The average molecular weight is 363 g/mol. The van der Waals surface area contributed by atoms with Gasteiger partial charge in [0.25, 0.3) is 0 Å². The molecule has 1 atom stereocenters. The second-order valence-corrected chi connectivity index (χ2v) is 8.37. The molecule has 1 aromatic carbocycles. The van der Waals surface area contributed by atoms with Crippen molar-refractivity contribution in [2.45, 2.75) is 43.5 Å². The Morgan fingerprint density at radius 2 is 2.08 bits per heavy atom. The van der Waals surface area contributed by atoms with E-state index in [4.69, 9.17) is 5.11 Å². The third-order valence-corrected chi connectivity index (χ3v) is 6.50. The predicted octanol–water partition coefficient (Wildman–Crippen LogP) is 3.00. The Labute approximate surface area is 155 Å². The molecule has 0 unspecified atom stereocenters. The van der Waals surface area contributed by atoms with Crippen molar-refractivity contribution in [3.63, 3.8) is 0 Å². The molecule has 1 N–H and O–H groups in total. The van der Waals surface area contributed by atoms with E-state index >= 15 is 0 Å². The number of hydrogen-bond acceptors (Lipinski definition) is 4. The van der Waals surface area contributed by atoms with E-state index in [-0.39, 0.29) is 17.9 Å². The molecule has 2 saturated heterocycles. The molecular weight excluding hydrogens is 332 g/mol. The number of rotatable bonds is 6. The minimum atomic E-state index is 0.161. The van der Waals surface area contributed by atoms with E-state index in [1.54, 1.807) is 0 Å². The van der Waals surface area contributed by atoms with Gasteiger partial charge in [0.1, 0.15) is 0 Å². The number of amides is 1.